The number of ether oxygens (including phenoxy) is 4. The van der Waals surface area contributed by atoms with E-state index in [2.05, 4.69) is 25.1 Å². The fourth-order valence-corrected chi connectivity index (χ4v) is 4.39. The quantitative estimate of drug-likeness (QED) is 0.236. The average Bonchev–Trinajstić information content (AvgIpc) is 3.44. The third kappa shape index (κ3) is 8.56. The van der Waals surface area contributed by atoms with Gasteiger partial charge in [0.25, 0.3) is 0 Å². The maximum Gasteiger partial charge on any atom is 0.407 e. The number of rotatable bonds is 13. The van der Waals surface area contributed by atoms with Crippen molar-refractivity contribution >= 4 is 24.0 Å². The SMILES string of the molecule is C=C(C)C(=O)OCC(COC(=O)NCC1CC2CCC1C2)(COC(=O)C(=C)C)COC(=O)C(=C)C. The second-order valence-corrected chi connectivity index (χ2v) is 9.96. The van der Waals surface area contributed by atoms with Crippen LogP contribution in [0.25, 0.3) is 0 Å². The van der Waals surface area contributed by atoms with E-state index in [9.17, 15) is 19.2 Å². The van der Waals surface area contributed by atoms with Crippen LogP contribution in [0.4, 0.5) is 4.79 Å². The largest absolute Gasteiger partial charge is 0.461 e. The molecule has 2 aliphatic carbocycles. The second-order valence-electron chi connectivity index (χ2n) is 9.96. The molecule has 0 saturated heterocycles. The minimum absolute atomic E-state index is 0.154. The van der Waals surface area contributed by atoms with Gasteiger partial charge in [0.1, 0.15) is 31.8 Å². The summed E-state index contributed by atoms with van der Waals surface area (Å²) in [5, 5.41) is 2.80. The Morgan fingerprint density at radius 1 is 0.743 bits per heavy atom. The summed E-state index contributed by atoms with van der Waals surface area (Å²) in [5.41, 5.74) is -0.894. The second kappa shape index (κ2) is 12.6. The summed E-state index contributed by atoms with van der Waals surface area (Å²) in [7, 11) is 0. The van der Waals surface area contributed by atoms with Gasteiger partial charge in [-0.15, -0.1) is 0 Å². The Bertz CT molecular complexity index is 802. The van der Waals surface area contributed by atoms with E-state index >= 15 is 0 Å². The first-order valence-corrected chi connectivity index (χ1v) is 11.8. The van der Waals surface area contributed by atoms with Crippen LogP contribution >= 0.6 is 0 Å². The van der Waals surface area contributed by atoms with Gasteiger partial charge in [0.05, 0.1) is 0 Å². The lowest BCUT2D eigenvalue weighted by Gasteiger charge is -2.31. The van der Waals surface area contributed by atoms with Crippen LogP contribution in [0, 0.1) is 23.2 Å². The van der Waals surface area contributed by atoms with Crippen molar-refractivity contribution in [2.75, 3.05) is 33.0 Å². The number of carbonyl (C=O) groups excluding carboxylic acids is 4. The van der Waals surface area contributed by atoms with E-state index in [0.29, 0.717) is 18.4 Å². The highest BCUT2D eigenvalue weighted by atomic mass is 16.6. The number of esters is 3. The third-order valence-corrected chi connectivity index (χ3v) is 6.48. The van der Waals surface area contributed by atoms with Gasteiger partial charge in [0.2, 0.25) is 0 Å². The number of hydrogen-bond acceptors (Lipinski definition) is 8. The molecule has 0 aromatic carbocycles. The number of nitrogens with one attached hydrogen (secondary N) is 1. The van der Waals surface area contributed by atoms with E-state index < -0.39 is 29.4 Å². The van der Waals surface area contributed by atoms with Crippen molar-refractivity contribution in [2.45, 2.75) is 46.5 Å². The number of amides is 1. The van der Waals surface area contributed by atoms with Crippen LogP contribution in [0.2, 0.25) is 0 Å². The van der Waals surface area contributed by atoms with Crippen LogP contribution < -0.4 is 5.32 Å². The van der Waals surface area contributed by atoms with Gasteiger partial charge in [-0.3, -0.25) is 0 Å². The first-order chi connectivity index (χ1) is 16.4. The molecule has 1 N–H and O–H groups in total. The molecule has 0 radical (unpaired) electrons. The van der Waals surface area contributed by atoms with Gasteiger partial charge in [-0.1, -0.05) is 26.2 Å². The van der Waals surface area contributed by atoms with Crippen LogP contribution in [-0.4, -0.2) is 57.0 Å². The standard InChI is InChI=1S/C26H37NO8/c1-16(2)22(28)32-12-26(13-33-23(29)17(3)4,14-34-24(30)18(5)6)15-35-25(31)27-11-21-10-19-7-8-20(21)9-19/h19-21H,1,3,5,7-15H2,2,4,6H3,(H,27,31). The molecule has 194 valence electrons. The predicted octanol–water partition coefficient (Wildman–Crippen LogP) is 3.49. The average molecular weight is 492 g/mol. The lowest BCUT2D eigenvalue weighted by Crippen LogP contribution is -2.45. The van der Waals surface area contributed by atoms with E-state index in [1.807, 2.05) is 0 Å². The van der Waals surface area contributed by atoms with E-state index in [1.165, 1.54) is 40.0 Å². The number of carbonyl (C=O) groups is 4. The highest BCUT2D eigenvalue weighted by Crippen LogP contribution is 2.47. The van der Waals surface area contributed by atoms with Gasteiger partial charge < -0.3 is 24.3 Å². The van der Waals surface area contributed by atoms with Crippen molar-refractivity contribution in [1.29, 1.82) is 0 Å². The van der Waals surface area contributed by atoms with Gasteiger partial charge >= 0.3 is 24.0 Å². The molecule has 9 nitrogen and oxygen atoms in total. The summed E-state index contributed by atoms with van der Waals surface area (Å²) < 4.78 is 21.3. The first-order valence-electron chi connectivity index (χ1n) is 11.8. The van der Waals surface area contributed by atoms with Crippen LogP contribution in [0.1, 0.15) is 46.5 Å². The lowest BCUT2D eigenvalue weighted by molar-refractivity contribution is -0.160. The summed E-state index contributed by atoms with van der Waals surface area (Å²) in [5.74, 6) is -0.225. The molecule has 35 heavy (non-hydrogen) atoms. The Kier molecular flexibility index (Phi) is 10.1. The maximum atomic E-state index is 12.5. The summed E-state index contributed by atoms with van der Waals surface area (Å²) in [4.78, 5) is 48.6. The fourth-order valence-electron chi connectivity index (χ4n) is 4.39. The third-order valence-electron chi connectivity index (χ3n) is 6.48. The Morgan fingerprint density at radius 2 is 1.20 bits per heavy atom. The lowest BCUT2D eigenvalue weighted by atomic mass is 9.89. The molecule has 2 bridgehead atoms. The molecule has 9 heteroatoms. The summed E-state index contributed by atoms with van der Waals surface area (Å²) in [6.07, 6.45) is 4.15. The molecule has 3 atom stereocenters. The van der Waals surface area contributed by atoms with Crippen LogP contribution in [-0.2, 0) is 33.3 Å². The Hall–Kier alpha value is -3.10. The maximum absolute atomic E-state index is 12.5. The van der Waals surface area contributed by atoms with Crippen molar-refractivity contribution in [2.24, 2.45) is 23.2 Å². The molecule has 0 aliphatic heterocycles. The van der Waals surface area contributed by atoms with Crippen molar-refractivity contribution in [1.82, 2.24) is 5.32 Å². The molecule has 2 aliphatic rings. The van der Waals surface area contributed by atoms with Crippen molar-refractivity contribution in [3.63, 3.8) is 0 Å². The smallest absolute Gasteiger partial charge is 0.407 e. The zero-order valence-corrected chi connectivity index (χ0v) is 21.0. The zero-order valence-electron chi connectivity index (χ0n) is 21.0. The number of fused-ring (bicyclic) bond motifs is 2. The van der Waals surface area contributed by atoms with Crippen LogP contribution in [0.5, 0.6) is 0 Å². The molecule has 2 saturated carbocycles. The summed E-state index contributed by atoms with van der Waals surface area (Å²) in [6, 6.07) is 0. The highest BCUT2D eigenvalue weighted by Gasteiger charge is 2.40. The van der Waals surface area contributed by atoms with Crippen LogP contribution in [0.15, 0.2) is 36.5 Å². The molecule has 2 fully saturated rings. The minimum atomic E-state index is -1.36. The molecular formula is C26H37NO8. The normalized spacial score (nSPS) is 20.5. The predicted molar refractivity (Wildman–Crippen MR) is 128 cm³/mol. The monoisotopic (exact) mass is 491 g/mol. The molecule has 0 aromatic rings. The van der Waals surface area contributed by atoms with Crippen molar-refractivity contribution in [3.8, 4) is 0 Å². The van der Waals surface area contributed by atoms with Gasteiger partial charge in [0, 0.05) is 23.3 Å². The molecular weight excluding hydrogens is 454 g/mol. The van der Waals surface area contributed by atoms with Crippen molar-refractivity contribution in [3.05, 3.63) is 36.5 Å². The molecule has 2 rings (SSSR count). The van der Waals surface area contributed by atoms with Gasteiger partial charge in [-0.2, -0.15) is 0 Å². The van der Waals surface area contributed by atoms with Crippen LogP contribution in [0.3, 0.4) is 0 Å². The van der Waals surface area contributed by atoms with E-state index in [4.69, 9.17) is 18.9 Å². The highest BCUT2D eigenvalue weighted by molar-refractivity contribution is 5.88. The molecule has 0 heterocycles. The van der Waals surface area contributed by atoms with Gasteiger partial charge in [-0.05, 0) is 57.8 Å². The fraction of sp³-hybridized carbons (Fsp3) is 0.615. The van der Waals surface area contributed by atoms with Crippen molar-refractivity contribution < 1.29 is 38.1 Å². The Balaban J connectivity index is 2.08. The topological polar surface area (TPSA) is 117 Å². The van der Waals surface area contributed by atoms with E-state index in [0.717, 1.165) is 12.3 Å². The summed E-state index contributed by atoms with van der Waals surface area (Å²) in [6.45, 7) is 14.2. The number of hydrogen-bond donors (Lipinski definition) is 1. The molecule has 0 aromatic heterocycles. The van der Waals surface area contributed by atoms with E-state index in [1.54, 1.807) is 0 Å². The van der Waals surface area contributed by atoms with Gasteiger partial charge in [-0.25, -0.2) is 19.2 Å². The molecule has 1 amide bonds. The zero-order chi connectivity index (χ0) is 26.2. The first kappa shape index (κ1) is 28.1. The van der Waals surface area contributed by atoms with Gasteiger partial charge in [0.15, 0.2) is 0 Å². The molecule has 0 spiro atoms. The number of alkyl carbamates (subject to hydrolysis) is 1. The molecule has 3 unspecified atom stereocenters. The summed E-state index contributed by atoms with van der Waals surface area (Å²) >= 11 is 0. The van der Waals surface area contributed by atoms with E-state index in [-0.39, 0.29) is 43.1 Å². The minimum Gasteiger partial charge on any atom is -0.461 e. The Labute approximate surface area is 206 Å². The Morgan fingerprint density at radius 3 is 1.57 bits per heavy atom.